The van der Waals surface area contributed by atoms with Gasteiger partial charge in [0.2, 0.25) is 11.8 Å². The number of rotatable bonds is 12. The molecule has 0 bridgehead atoms. The Balaban J connectivity index is 1.86. The summed E-state index contributed by atoms with van der Waals surface area (Å²) >= 11 is 7.89. The summed E-state index contributed by atoms with van der Waals surface area (Å²) in [7, 11) is 0. The van der Waals surface area contributed by atoms with Crippen molar-refractivity contribution in [3.05, 3.63) is 106 Å². The van der Waals surface area contributed by atoms with Crippen molar-refractivity contribution in [3.8, 4) is 0 Å². The predicted octanol–water partition coefficient (Wildman–Crippen LogP) is 6.27. The molecule has 4 nitrogen and oxygen atoms in total. The Morgan fingerprint density at radius 2 is 1.64 bits per heavy atom. The third-order valence-corrected chi connectivity index (χ3v) is 7.34. The number of thioether (sulfide) groups is 1. The highest BCUT2D eigenvalue weighted by Crippen LogP contribution is 2.22. The number of hydrogen-bond acceptors (Lipinski definition) is 3. The highest BCUT2D eigenvalue weighted by Gasteiger charge is 2.31. The van der Waals surface area contributed by atoms with Crippen molar-refractivity contribution in [2.75, 3.05) is 5.75 Å². The fraction of sp³-hybridized carbons (Fsp3) is 0.310. The van der Waals surface area contributed by atoms with Crippen LogP contribution in [0.3, 0.4) is 0 Å². The number of halogens is 2. The molecule has 0 unspecified atom stereocenters. The van der Waals surface area contributed by atoms with Gasteiger partial charge in [-0.2, -0.15) is 0 Å². The highest BCUT2D eigenvalue weighted by atomic mass is 35.5. The van der Waals surface area contributed by atoms with Crippen LogP contribution in [0.15, 0.2) is 78.9 Å². The van der Waals surface area contributed by atoms with E-state index in [2.05, 4.69) is 5.32 Å². The predicted molar refractivity (Wildman–Crippen MR) is 146 cm³/mol. The van der Waals surface area contributed by atoms with Crippen molar-refractivity contribution in [2.45, 2.75) is 51.1 Å². The molecule has 1 N–H and O–H groups in total. The molecule has 0 aromatic heterocycles. The Morgan fingerprint density at radius 3 is 2.31 bits per heavy atom. The van der Waals surface area contributed by atoms with Gasteiger partial charge in [0.05, 0.1) is 5.75 Å². The Kier molecular flexibility index (Phi) is 10.8. The first kappa shape index (κ1) is 27.8. The largest absolute Gasteiger partial charge is 0.352 e. The van der Waals surface area contributed by atoms with Gasteiger partial charge < -0.3 is 10.2 Å². The molecule has 3 aromatic rings. The lowest BCUT2D eigenvalue weighted by molar-refractivity contribution is -0.139. The van der Waals surface area contributed by atoms with E-state index < -0.39 is 6.04 Å². The van der Waals surface area contributed by atoms with E-state index in [-0.39, 0.29) is 36.0 Å². The highest BCUT2D eigenvalue weighted by molar-refractivity contribution is 7.99. The van der Waals surface area contributed by atoms with Gasteiger partial charge in [0.15, 0.2) is 0 Å². The Labute approximate surface area is 222 Å². The zero-order valence-electron chi connectivity index (χ0n) is 20.6. The van der Waals surface area contributed by atoms with Crippen LogP contribution < -0.4 is 5.32 Å². The van der Waals surface area contributed by atoms with Gasteiger partial charge in [-0.1, -0.05) is 79.2 Å². The number of nitrogens with zero attached hydrogens (tertiary/aromatic N) is 1. The molecule has 36 heavy (non-hydrogen) atoms. The third kappa shape index (κ3) is 8.38. The molecule has 2 amide bonds. The lowest BCUT2D eigenvalue weighted by atomic mass is 10.0. The van der Waals surface area contributed by atoms with E-state index in [4.69, 9.17) is 11.6 Å². The number of carbonyl (C=O) groups excluding carboxylic acids is 2. The maximum atomic E-state index is 13.6. The molecule has 3 aromatic carbocycles. The van der Waals surface area contributed by atoms with Gasteiger partial charge in [-0.25, -0.2) is 4.39 Å². The van der Waals surface area contributed by atoms with Crippen LogP contribution in [-0.4, -0.2) is 34.6 Å². The lowest BCUT2D eigenvalue weighted by Crippen LogP contribution is -2.52. The van der Waals surface area contributed by atoms with Gasteiger partial charge in [0.1, 0.15) is 11.9 Å². The second kappa shape index (κ2) is 14.0. The molecule has 190 valence electrons. The fourth-order valence-corrected chi connectivity index (χ4v) is 4.79. The summed E-state index contributed by atoms with van der Waals surface area (Å²) in [6.07, 6.45) is 1.18. The van der Waals surface area contributed by atoms with Crippen LogP contribution in [0.25, 0.3) is 0 Å². The lowest BCUT2D eigenvalue weighted by Gasteiger charge is -2.32. The summed E-state index contributed by atoms with van der Waals surface area (Å²) in [4.78, 5) is 28.7. The summed E-state index contributed by atoms with van der Waals surface area (Å²) in [5, 5.41) is 3.62. The van der Waals surface area contributed by atoms with Crippen molar-refractivity contribution < 1.29 is 14.0 Å². The molecule has 0 aliphatic heterocycles. The summed E-state index contributed by atoms with van der Waals surface area (Å²) in [6.45, 7) is 4.19. The molecule has 3 rings (SSSR count). The molecular formula is C29H32ClFN2O2S. The molecule has 0 aliphatic rings. The van der Waals surface area contributed by atoms with E-state index in [9.17, 15) is 14.0 Å². The van der Waals surface area contributed by atoms with Crippen molar-refractivity contribution in [1.82, 2.24) is 10.2 Å². The average molecular weight is 527 g/mol. The minimum atomic E-state index is -0.698. The Hall–Kier alpha value is -2.83. The maximum Gasteiger partial charge on any atom is 0.243 e. The van der Waals surface area contributed by atoms with Crippen LogP contribution >= 0.6 is 23.4 Å². The molecule has 2 atom stereocenters. The van der Waals surface area contributed by atoms with Crippen LogP contribution in [0.5, 0.6) is 0 Å². The molecule has 0 spiro atoms. The molecular weight excluding hydrogens is 495 g/mol. The zero-order chi connectivity index (χ0) is 25.9. The molecule has 0 saturated carbocycles. The SMILES string of the molecule is CC[C@H](C)NC(=O)[C@@H](Cc1ccccc1)N(Cc1ccccc1Cl)C(=O)CSCc1ccc(F)cc1. The first-order valence-electron chi connectivity index (χ1n) is 12.1. The number of benzene rings is 3. The first-order chi connectivity index (χ1) is 17.4. The van der Waals surface area contributed by atoms with E-state index in [0.717, 1.165) is 23.1 Å². The van der Waals surface area contributed by atoms with Crippen molar-refractivity contribution >= 4 is 35.2 Å². The van der Waals surface area contributed by atoms with Crippen LogP contribution in [-0.2, 0) is 28.3 Å². The first-order valence-corrected chi connectivity index (χ1v) is 13.6. The Bertz CT molecular complexity index is 1130. The average Bonchev–Trinajstić information content (AvgIpc) is 2.88. The van der Waals surface area contributed by atoms with E-state index in [1.165, 1.54) is 23.9 Å². The van der Waals surface area contributed by atoms with Crippen molar-refractivity contribution in [2.24, 2.45) is 0 Å². The van der Waals surface area contributed by atoms with Gasteiger partial charge in [-0.05, 0) is 48.2 Å². The van der Waals surface area contributed by atoms with E-state index >= 15 is 0 Å². The number of amides is 2. The Morgan fingerprint density at radius 1 is 0.972 bits per heavy atom. The molecule has 0 saturated heterocycles. The van der Waals surface area contributed by atoms with Crippen molar-refractivity contribution in [1.29, 1.82) is 0 Å². The quantitative estimate of drug-likeness (QED) is 0.303. The van der Waals surface area contributed by atoms with Crippen LogP contribution in [0.1, 0.15) is 37.0 Å². The third-order valence-electron chi connectivity index (χ3n) is 5.98. The molecule has 0 aliphatic carbocycles. The minimum Gasteiger partial charge on any atom is -0.352 e. The van der Waals surface area contributed by atoms with Gasteiger partial charge in [0.25, 0.3) is 0 Å². The minimum absolute atomic E-state index is 0.0131. The fourth-order valence-electron chi connectivity index (χ4n) is 3.72. The van der Waals surface area contributed by atoms with Gasteiger partial charge in [0, 0.05) is 29.8 Å². The normalized spacial score (nSPS) is 12.6. The standard InChI is InChI=1S/C29H32ClFN2O2S/c1-3-21(2)32-29(35)27(17-22-9-5-4-6-10-22)33(18-24-11-7-8-12-26(24)30)28(34)20-36-19-23-13-15-25(31)16-14-23/h4-16,21,27H,3,17-20H2,1-2H3,(H,32,35)/t21-,27+/m0/s1. The smallest absolute Gasteiger partial charge is 0.243 e. The van der Waals surface area contributed by atoms with Gasteiger partial charge in [-0.3, -0.25) is 9.59 Å². The van der Waals surface area contributed by atoms with Crippen molar-refractivity contribution in [3.63, 3.8) is 0 Å². The second-order valence-corrected chi connectivity index (χ2v) is 10.1. The summed E-state index contributed by atoms with van der Waals surface area (Å²) in [5.74, 6) is 0.124. The van der Waals surface area contributed by atoms with Crippen LogP contribution in [0, 0.1) is 5.82 Å². The van der Waals surface area contributed by atoms with E-state index in [1.807, 2.05) is 62.4 Å². The molecule has 0 fully saturated rings. The zero-order valence-corrected chi connectivity index (χ0v) is 22.2. The van der Waals surface area contributed by atoms with Crippen LogP contribution in [0.4, 0.5) is 4.39 Å². The van der Waals surface area contributed by atoms with Gasteiger partial charge in [-0.15, -0.1) is 11.8 Å². The summed E-state index contributed by atoms with van der Waals surface area (Å²) < 4.78 is 13.2. The number of carbonyl (C=O) groups is 2. The van der Waals surface area contributed by atoms with E-state index in [0.29, 0.717) is 17.2 Å². The summed E-state index contributed by atoms with van der Waals surface area (Å²) in [6, 6.07) is 22.6. The van der Waals surface area contributed by atoms with Gasteiger partial charge >= 0.3 is 0 Å². The second-order valence-electron chi connectivity index (χ2n) is 8.76. The molecule has 0 heterocycles. The number of nitrogens with one attached hydrogen (secondary N) is 1. The van der Waals surface area contributed by atoms with E-state index in [1.54, 1.807) is 23.1 Å². The topological polar surface area (TPSA) is 49.4 Å². The molecule has 7 heteroatoms. The number of hydrogen-bond donors (Lipinski definition) is 1. The van der Waals surface area contributed by atoms with Crippen LogP contribution in [0.2, 0.25) is 5.02 Å². The summed E-state index contributed by atoms with van der Waals surface area (Å²) in [5.41, 5.74) is 2.69. The monoisotopic (exact) mass is 526 g/mol. The molecule has 0 radical (unpaired) electrons. The maximum absolute atomic E-state index is 13.6.